The van der Waals surface area contributed by atoms with Crippen LogP contribution >= 0.6 is 11.3 Å². The summed E-state index contributed by atoms with van der Waals surface area (Å²) < 4.78 is 1.10. The molecule has 1 N–H and O–H groups in total. The average Bonchev–Trinajstić information content (AvgIpc) is 2.81. The second-order valence-corrected chi connectivity index (χ2v) is 6.28. The van der Waals surface area contributed by atoms with E-state index in [1.54, 1.807) is 17.7 Å². The molecule has 2 unspecified atom stereocenters. The van der Waals surface area contributed by atoms with Crippen molar-refractivity contribution < 1.29 is 9.90 Å². The van der Waals surface area contributed by atoms with E-state index in [1.165, 1.54) is 5.56 Å². The molecule has 0 bridgehead atoms. The summed E-state index contributed by atoms with van der Waals surface area (Å²) in [6, 6.07) is 0.186. The molecule has 0 aromatic carbocycles. The SMILES string of the molecule is Cc1csc2c(N3CCC(C(=O)O)CC3C)ncnc12. The summed E-state index contributed by atoms with van der Waals surface area (Å²) >= 11 is 1.66. The first kappa shape index (κ1) is 13.3. The number of aliphatic carboxylic acids is 1. The molecule has 1 saturated heterocycles. The van der Waals surface area contributed by atoms with Gasteiger partial charge in [0.1, 0.15) is 12.1 Å². The van der Waals surface area contributed by atoms with Crippen molar-refractivity contribution in [2.45, 2.75) is 32.7 Å². The highest BCUT2D eigenvalue weighted by Gasteiger charge is 2.31. The van der Waals surface area contributed by atoms with Crippen molar-refractivity contribution in [2.24, 2.45) is 5.92 Å². The van der Waals surface area contributed by atoms with E-state index in [1.807, 2.05) is 0 Å². The van der Waals surface area contributed by atoms with Crippen LogP contribution in [-0.4, -0.2) is 33.6 Å². The number of carboxylic acids is 1. The van der Waals surface area contributed by atoms with Crippen molar-refractivity contribution >= 4 is 33.3 Å². The van der Waals surface area contributed by atoms with Gasteiger partial charge in [-0.25, -0.2) is 9.97 Å². The van der Waals surface area contributed by atoms with Crippen LogP contribution in [0.1, 0.15) is 25.3 Å². The van der Waals surface area contributed by atoms with Gasteiger partial charge in [-0.2, -0.15) is 0 Å². The van der Waals surface area contributed by atoms with Crippen molar-refractivity contribution in [1.29, 1.82) is 0 Å². The fourth-order valence-corrected chi connectivity index (χ4v) is 3.88. The maximum absolute atomic E-state index is 11.1. The van der Waals surface area contributed by atoms with Gasteiger partial charge in [0.15, 0.2) is 0 Å². The van der Waals surface area contributed by atoms with Crippen LogP contribution in [0.5, 0.6) is 0 Å². The van der Waals surface area contributed by atoms with E-state index in [9.17, 15) is 4.79 Å². The van der Waals surface area contributed by atoms with Crippen LogP contribution in [0.4, 0.5) is 5.82 Å². The minimum Gasteiger partial charge on any atom is -0.481 e. The van der Waals surface area contributed by atoms with Crippen LogP contribution in [-0.2, 0) is 4.79 Å². The Morgan fingerprint density at radius 2 is 2.30 bits per heavy atom. The number of hydrogen-bond donors (Lipinski definition) is 1. The second-order valence-electron chi connectivity index (χ2n) is 5.40. The zero-order valence-corrected chi connectivity index (χ0v) is 12.4. The number of fused-ring (bicyclic) bond motifs is 1. The van der Waals surface area contributed by atoms with Crippen molar-refractivity contribution in [3.05, 3.63) is 17.3 Å². The molecule has 106 valence electrons. The molecular formula is C14H17N3O2S. The molecule has 0 aliphatic carbocycles. The third-order valence-electron chi connectivity index (χ3n) is 4.01. The Hall–Kier alpha value is -1.69. The Balaban J connectivity index is 1.94. The normalized spacial score (nSPS) is 23.2. The molecule has 6 heteroatoms. The lowest BCUT2D eigenvalue weighted by atomic mass is 9.92. The maximum atomic E-state index is 11.1. The van der Waals surface area contributed by atoms with Gasteiger partial charge in [-0.15, -0.1) is 11.3 Å². The third-order valence-corrected chi connectivity index (χ3v) is 5.09. The van der Waals surface area contributed by atoms with E-state index in [0.29, 0.717) is 12.8 Å². The summed E-state index contributed by atoms with van der Waals surface area (Å²) in [7, 11) is 0. The predicted molar refractivity (Wildman–Crippen MR) is 79.3 cm³/mol. The molecule has 3 rings (SSSR count). The van der Waals surface area contributed by atoms with Gasteiger partial charge in [-0.3, -0.25) is 4.79 Å². The van der Waals surface area contributed by atoms with Crippen LogP contribution in [0.15, 0.2) is 11.7 Å². The third kappa shape index (κ3) is 2.14. The lowest BCUT2D eigenvalue weighted by Gasteiger charge is -2.37. The lowest BCUT2D eigenvalue weighted by molar-refractivity contribution is -0.142. The van der Waals surface area contributed by atoms with Gasteiger partial charge in [-0.1, -0.05) is 0 Å². The molecule has 2 aromatic rings. The molecule has 3 heterocycles. The van der Waals surface area contributed by atoms with Gasteiger partial charge >= 0.3 is 5.97 Å². The molecular weight excluding hydrogens is 274 g/mol. The highest BCUT2D eigenvalue weighted by atomic mass is 32.1. The van der Waals surface area contributed by atoms with Crippen LogP contribution in [0, 0.1) is 12.8 Å². The zero-order chi connectivity index (χ0) is 14.3. The number of rotatable bonds is 2. The minimum atomic E-state index is -0.684. The largest absolute Gasteiger partial charge is 0.481 e. The standard InChI is InChI=1S/C14H17N3O2S/c1-8-6-20-12-11(8)15-7-16-13(12)17-4-3-10(14(18)19)5-9(17)2/h6-7,9-10H,3-5H2,1-2H3,(H,18,19). The molecule has 1 aliphatic rings. The van der Waals surface area contributed by atoms with Gasteiger partial charge in [0.2, 0.25) is 0 Å². The monoisotopic (exact) mass is 291 g/mol. The highest BCUT2D eigenvalue weighted by Crippen LogP contribution is 2.34. The van der Waals surface area contributed by atoms with Crippen molar-refractivity contribution in [1.82, 2.24) is 9.97 Å². The van der Waals surface area contributed by atoms with E-state index < -0.39 is 5.97 Å². The Morgan fingerprint density at radius 1 is 1.50 bits per heavy atom. The lowest BCUT2D eigenvalue weighted by Crippen LogP contribution is -2.43. The number of carbonyl (C=O) groups is 1. The van der Waals surface area contributed by atoms with E-state index in [-0.39, 0.29) is 12.0 Å². The number of thiophene rings is 1. The quantitative estimate of drug-likeness (QED) is 0.921. The smallest absolute Gasteiger partial charge is 0.306 e. The summed E-state index contributed by atoms with van der Waals surface area (Å²) in [4.78, 5) is 22.1. The van der Waals surface area contributed by atoms with Gasteiger partial charge in [0, 0.05) is 12.6 Å². The number of nitrogens with zero attached hydrogens (tertiary/aromatic N) is 3. The highest BCUT2D eigenvalue weighted by molar-refractivity contribution is 7.18. The summed E-state index contributed by atoms with van der Waals surface area (Å²) in [5, 5.41) is 11.2. The summed E-state index contributed by atoms with van der Waals surface area (Å²) in [5.74, 6) is 0.0318. The summed E-state index contributed by atoms with van der Waals surface area (Å²) in [5.41, 5.74) is 2.18. The molecule has 0 saturated carbocycles. The van der Waals surface area contributed by atoms with Gasteiger partial charge in [0.25, 0.3) is 0 Å². The minimum absolute atomic E-state index is 0.186. The van der Waals surface area contributed by atoms with Crippen molar-refractivity contribution in [2.75, 3.05) is 11.4 Å². The van der Waals surface area contributed by atoms with Gasteiger partial charge < -0.3 is 10.0 Å². The average molecular weight is 291 g/mol. The molecule has 0 amide bonds. The summed E-state index contributed by atoms with van der Waals surface area (Å²) in [6.45, 7) is 4.86. The van der Waals surface area contributed by atoms with Gasteiger partial charge in [0.05, 0.1) is 16.1 Å². The van der Waals surface area contributed by atoms with Crippen molar-refractivity contribution in [3.8, 4) is 0 Å². The molecule has 5 nitrogen and oxygen atoms in total. The Labute approximate surface area is 121 Å². The van der Waals surface area contributed by atoms with Crippen LogP contribution < -0.4 is 4.90 Å². The van der Waals surface area contributed by atoms with Crippen LogP contribution in [0.2, 0.25) is 0 Å². The second kappa shape index (κ2) is 5.01. The Kier molecular flexibility index (Phi) is 3.33. The number of anilines is 1. The topological polar surface area (TPSA) is 66.3 Å². The number of aromatic nitrogens is 2. The summed E-state index contributed by atoms with van der Waals surface area (Å²) in [6.07, 6.45) is 2.95. The fraction of sp³-hybridized carbons (Fsp3) is 0.500. The number of hydrogen-bond acceptors (Lipinski definition) is 5. The van der Waals surface area contributed by atoms with Crippen LogP contribution in [0.25, 0.3) is 10.2 Å². The molecule has 20 heavy (non-hydrogen) atoms. The zero-order valence-electron chi connectivity index (χ0n) is 11.5. The molecule has 2 aromatic heterocycles. The number of carboxylic acid groups (broad SMARTS) is 1. The molecule has 0 radical (unpaired) electrons. The first-order valence-electron chi connectivity index (χ1n) is 6.76. The first-order valence-corrected chi connectivity index (χ1v) is 7.64. The van der Waals surface area contributed by atoms with Crippen molar-refractivity contribution in [3.63, 3.8) is 0 Å². The predicted octanol–water partition coefficient (Wildman–Crippen LogP) is 2.69. The fourth-order valence-electron chi connectivity index (χ4n) is 2.87. The maximum Gasteiger partial charge on any atom is 0.306 e. The first-order chi connectivity index (χ1) is 9.58. The molecule has 2 atom stereocenters. The Bertz CT molecular complexity index is 655. The van der Waals surface area contributed by atoms with E-state index in [4.69, 9.17) is 5.11 Å². The van der Waals surface area contributed by atoms with Crippen LogP contribution in [0.3, 0.4) is 0 Å². The number of aryl methyl sites for hydroxylation is 1. The van der Waals surface area contributed by atoms with E-state index in [0.717, 1.165) is 22.6 Å². The Morgan fingerprint density at radius 3 is 3.00 bits per heavy atom. The van der Waals surface area contributed by atoms with E-state index >= 15 is 0 Å². The molecule has 1 aliphatic heterocycles. The molecule has 0 spiro atoms. The number of piperidine rings is 1. The molecule has 1 fully saturated rings. The van der Waals surface area contributed by atoms with E-state index in [2.05, 4.69) is 34.1 Å². The van der Waals surface area contributed by atoms with Gasteiger partial charge in [-0.05, 0) is 37.6 Å².